The van der Waals surface area contributed by atoms with E-state index in [1.165, 1.54) is 55.4 Å². The molecule has 7 heteroatoms. The van der Waals surface area contributed by atoms with Gasteiger partial charge in [-0.15, -0.1) is 0 Å². The minimum Gasteiger partial charge on any atom is -0.410 e. The quantitative estimate of drug-likeness (QED) is 0.319. The summed E-state index contributed by atoms with van der Waals surface area (Å²) in [4.78, 5) is 15.7. The summed E-state index contributed by atoms with van der Waals surface area (Å²) in [6, 6.07) is 11.0. The van der Waals surface area contributed by atoms with Crippen LogP contribution in [0.1, 0.15) is 81.9 Å². The number of hydrogen-bond acceptors (Lipinski definition) is 4. The van der Waals surface area contributed by atoms with Gasteiger partial charge >= 0.3 is 6.09 Å². The number of aryl methyl sites for hydroxylation is 1. The van der Waals surface area contributed by atoms with Crippen LogP contribution in [-0.4, -0.2) is 36.1 Å². The van der Waals surface area contributed by atoms with Gasteiger partial charge in [0.25, 0.3) is 0 Å². The van der Waals surface area contributed by atoms with Crippen LogP contribution in [0.25, 0.3) is 10.9 Å². The van der Waals surface area contributed by atoms with Crippen molar-refractivity contribution in [1.29, 1.82) is 0 Å². The maximum Gasteiger partial charge on any atom is 0.412 e. The van der Waals surface area contributed by atoms with Crippen LogP contribution in [-0.2, 0) is 22.3 Å². The summed E-state index contributed by atoms with van der Waals surface area (Å²) < 4.78 is 32.6. The van der Waals surface area contributed by atoms with E-state index in [1.807, 2.05) is 12.3 Å². The van der Waals surface area contributed by atoms with Crippen molar-refractivity contribution in [3.05, 3.63) is 65.1 Å². The van der Waals surface area contributed by atoms with Gasteiger partial charge in [0.1, 0.15) is 11.6 Å². The molecule has 1 aromatic heterocycles. The molecule has 0 radical (unpaired) electrons. The average molecular weight is 601 g/mol. The third-order valence-corrected chi connectivity index (χ3v) is 12.6. The average Bonchev–Trinajstić information content (AvgIpc) is 3.63. The largest absolute Gasteiger partial charge is 0.412 e. The van der Waals surface area contributed by atoms with Crippen molar-refractivity contribution in [3.63, 3.8) is 0 Å². The molecule has 0 unspecified atom stereocenters. The maximum atomic E-state index is 13.5. The smallest absolute Gasteiger partial charge is 0.410 e. The summed E-state index contributed by atoms with van der Waals surface area (Å²) >= 11 is 0. The topological polar surface area (TPSA) is 72.6 Å². The number of ether oxygens (including phenoxy) is 3. The highest BCUT2D eigenvalue weighted by molar-refractivity contribution is 5.83. The number of amides is 1. The molecule has 3 heterocycles. The first kappa shape index (κ1) is 28.6. The summed E-state index contributed by atoms with van der Waals surface area (Å²) in [6.45, 7) is 8.54. The fourth-order valence-corrected chi connectivity index (χ4v) is 10.4. The van der Waals surface area contributed by atoms with E-state index in [1.54, 1.807) is 6.07 Å². The van der Waals surface area contributed by atoms with E-state index in [4.69, 9.17) is 14.2 Å². The standard InChI is InChI=1S/C37H45FN2O4/c1-21-10-14-37(42-20-21)22(2)34-33(44-37)18-31-30-7-4-23-16-26(6-9-27(23)29(30)11-13-36(31,34)3)43-35(41)39-15-12-24-19-40-32-17-25(38)5-8-28(24)32/h5-6,8-9,16-17,19,21-22,29-31,33-34,40H,4,7,10-15,18,20H2,1-3H3,(H,39,41)/t21-,22+,29-,30-,31+,33+,34+,36+,37-/m1/s1. The van der Waals surface area contributed by atoms with Crippen LogP contribution >= 0.6 is 0 Å². The van der Waals surface area contributed by atoms with Crippen molar-refractivity contribution in [2.75, 3.05) is 13.2 Å². The predicted molar refractivity (Wildman–Crippen MR) is 167 cm³/mol. The highest BCUT2D eigenvalue weighted by Crippen LogP contribution is 2.69. The van der Waals surface area contributed by atoms with E-state index in [0.717, 1.165) is 35.9 Å². The molecule has 2 aliphatic heterocycles. The van der Waals surface area contributed by atoms with Crippen molar-refractivity contribution in [3.8, 4) is 5.75 Å². The molecule has 2 aromatic carbocycles. The second kappa shape index (κ2) is 10.6. The Bertz CT molecular complexity index is 1580. The van der Waals surface area contributed by atoms with Gasteiger partial charge < -0.3 is 24.5 Å². The van der Waals surface area contributed by atoms with Crippen molar-refractivity contribution in [2.45, 2.75) is 89.9 Å². The molecular weight excluding hydrogens is 555 g/mol. The molecule has 2 saturated carbocycles. The highest BCUT2D eigenvalue weighted by atomic mass is 19.1. The SMILES string of the molecule is C[C@@H]1CC[C@@]2(OC1)O[C@H]1C[C@H]3[C@@H]4CCc5cc(OC(=O)NCCc6c[nH]c7cc(F)ccc67)ccc5[C@H]4CC[C@]3(C)[C@H]1[C@@H]2C. The first-order valence-corrected chi connectivity index (χ1v) is 16.9. The minimum atomic E-state index is -0.446. The monoisotopic (exact) mass is 600 g/mol. The number of benzene rings is 2. The molecule has 6 nitrogen and oxygen atoms in total. The number of hydrogen-bond donors (Lipinski definition) is 2. The van der Waals surface area contributed by atoms with Gasteiger partial charge in [-0.1, -0.05) is 26.8 Å². The molecule has 8 rings (SSSR count). The first-order valence-electron chi connectivity index (χ1n) is 16.9. The lowest BCUT2D eigenvalue weighted by Crippen LogP contribution is -2.48. The van der Waals surface area contributed by atoms with E-state index in [9.17, 15) is 9.18 Å². The van der Waals surface area contributed by atoms with E-state index in [-0.39, 0.29) is 11.6 Å². The van der Waals surface area contributed by atoms with Gasteiger partial charge in [0.05, 0.1) is 12.7 Å². The van der Waals surface area contributed by atoms with E-state index in [2.05, 4.69) is 43.2 Å². The molecule has 1 amide bonds. The summed E-state index contributed by atoms with van der Waals surface area (Å²) in [6.07, 6.45) is 10.5. The van der Waals surface area contributed by atoms with Gasteiger partial charge in [0.2, 0.25) is 0 Å². The molecule has 4 fully saturated rings. The highest BCUT2D eigenvalue weighted by Gasteiger charge is 2.67. The van der Waals surface area contributed by atoms with Gasteiger partial charge in [0.15, 0.2) is 5.79 Å². The van der Waals surface area contributed by atoms with Crippen LogP contribution in [0.5, 0.6) is 5.75 Å². The third-order valence-electron chi connectivity index (χ3n) is 12.6. The van der Waals surface area contributed by atoms with Gasteiger partial charge in [-0.3, -0.25) is 0 Å². The van der Waals surface area contributed by atoms with Crippen molar-refractivity contribution >= 4 is 17.0 Å². The predicted octanol–water partition coefficient (Wildman–Crippen LogP) is 7.90. The molecule has 1 spiro atoms. The van der Waals surface area contributed by atoms with Crippen LogP contribution in [0.15, 0.2) is 42.6 Å². The number of H-pyrrole nitrogens is 1. The molecule has 3 aromatic rings. The van der Waals surface area contributed by atoms with E-state index < -0.39 is 6.09 Å². The Labute approximate surface area is 259 Å². The Balaban J connectivity index is 0.905. The van der Waals surface area contributed by atoms with Crippen LogP contribution in [0.4, 0.5) is 9.18 Å². The zero-order valence-corrected chi connectivity index (χ0v) is 26.2. The lowest BCUT2D eigenvalue weighted by molar-refractivity contribution is -0.272. The maximum absolute atomic E-state index is 13.5. The molecular formula is C37H45FN2O4. The Morgan fingerprint density at radius 1 is 1.14 bits per heavy atom. The van der Waals surface area contributed by atoms with E-state index >= 15 is 0 Å². The molecule has 3 aliphatic carbocycles. The summed E-state index contributed by atoms with van der Waals surface area (Å²) in [5.74, 6) is 3.57. The summed E-state index contributed by atoms with van der Waals surface area (Å²) in [7, 11) is 0. The zero-order chi connectivity index (χ0) is 30.2. The van der Waals surface area contributed by atoms with Crippen molar-refractivity contribution < 1.29 is 23.4 Å². The van der Waals surface area contributed by atoms with Crippen molar-refractivity contribution in [2.24, 2.45) is 35.0 Å². The van der Waals surface area contributed by atoms with Gasteiger partial charge in [-0.05, 0) is 127 Å². The fraction of sp³-hybridized carbons (Fsp3) is 0.595. The summed E-state index contributed by atoms with van der Waals surface area (Å²) in [5.41, 5.74) is 4.90. The van der Waals surface area contributed by atoms with Crippen LogP contribution in [0, 0.1) is 40.8 Å². The lowest BCUT2D eigenvalue weighted by atomic mass is 9.53. The van der Waals surface area contributed by atoms with Crippen LogP contribution in [0.2, 0.25) is 0 Å². The number of carbonyl (C=O) groups excluding carboxylic acids is 1. The number of halogens is 1. The fourth-order valence-electron chi connectivity index (χ4n) is 10.4. The molecule has 234 valence electrons. The number of aromatic amines is 1. The van der Waals surface area contributed by atoms with Crippen molar-refractivity contribution in [1.82, 2.24) is 10.3 Å². The zero-order valence-electron chi connectivity index (χ0n) is 26.2. The molecule has 2 N–H and O–H groups in total. The Morgan fingerprint density at radius 2 is 2.02 bits per heavy atom. The molecule has 5 aliphatic rings. The molecule has 0 bridgehead atoms. The van der Waals surface area contributed by atoms with Gasteiger partial charge in [-0.2, -0.15) is 0 Å². The summed E-state index contributed by atoms with van der Waals surface area (Å²) in [5, 5.41) is 3.85. The number of nitrogens with one attached hydrogen (secondary N) is 2. The Hall–Kier alpha value is -2.90. The second-order valence-electron chi connectivity index (χ2n) is 14.9. The number of carbonyl (C=O) groups is 1. The second-order valence-corrected chi connectivity index (χ2v) is 14.9. The lowest BCUT2D eigenvalue weighted by Gasteiger charge is -2.52. The van der Waals surface area contributed by atoms with Gasteiger partial charge in [0, 0.05) is 36.0 Å². The Morgan fingerprint density at radius 3 is 2.86 bits per heavy atom. The normalized spacial score (nSPS) is 37.3. The molecule has 9 atom stereocenters. The van der Waals surface area contributed by atoms with Crippen LogP contribution < -0.4 is 10.1 Å². The number of aromatic nitrogens is 1. The van der Waals surface area contributed by atoms with E-state index in [0.29, 0.717) is 65.7 Å². The number of fused-ring (bicyclic) bond motifs is 8. The van der Waals surface area contributed by atoms with Crippen LogP contribution in [0.3, 0.4) is 0 Å². The molecule has 2 saturated heterocycles. The minimum absolute atomic E-state index is 0.266. The third kappa shape index (κ3) is 4.52. The first-order chi connectivity index (χ1) is 21.2. The Kier molecular flexibility index (Phi) is 6.87. The number of rotatable bonds is 4. The molecule has 44 heavy (non-hydrogen) atoms. The van der Waals surface area contributed by atoms with Gasteiger partial charge in [-0.25, -0.2) is 9.18 Å².